The minimum atomic E-state index is -1.34. The quantitative estimate of drug-likeness (QED) is 0.269. The maximum atomic E-state index is 15.6. The zero-order valence-corrected chi connectivity index (χ0v) is 21.7. The molecule has 2 atom stereocenters. The summed E-state index contributed by atoms with van der Waals surface area (Å²) in [5, 5.41) is 13.0. The number of carbonyl (C=O) groups is 1. The van der Waals surface area contributed by atoms with Gasteiger partial charge >= 0.3 is 5.97 Å². The molecule has 0 spiro atoms. The van der Waals surface area contributed by atoms with Crippen molar-refractivity contribution in [1.82, 2.24) is 24.8 Å². The first-order valence-corrected chi connectivity index (χ1v) is 13.0. The third kappa shape index (κ3) is 3.41. The SMILES string of the molecule is CNc1cc(F)c(F)c2c1[nH]c1ncc(-c3cnc4[nH]cc(C(=O)O)c(=O)c4c3)c(N3CC[C@H]4CN(C)C[C@H]43)c12. The predicted octanol–water partition coefficient (Wildman–Crippen LogP) is 3.78. The first-order chi connectivity index (χ1) is 19.3. The lowest BCUT2D eigenvalue weighted by Crippen LogP contribution is -2.35. The minimum Gasteiger partial charge on any atom is -0.477 e. The Morgan fingerprint density at radius 2 is 1.95 bits per heavy atom. The highest BCUT2D eigenvalue weighted by atomic mass is 19.2. The Morgan fingerprint density at radius 1 is 1.15 bits per heavy atom. The van der Waals surface area contributed by atoms with Crippen molar-refractivity contribution >= 4 is 50.3 Å². The number of likely N-dealkylation sites (tertiary alicyclic amines) is 1. The molecule has 0 radical (unpaired) electrons. The summed E-state index contributed by atoms with van der Waals surface area (Å²) < 4.78 is 30.5. The number of hydrogen-bond acceptors (Lipinski definition) is 7. The number of fused-ring (bicyclic) bond motifs is 5. The van der Waals surface area contributed by atoms with Gasteiger partial charge in [-0.15, -0.1) is 0 Å². The maximum absolute atomic E-state index is 15.6. The van der Waals surface area contributed by atoms with E-state index in [2.05, 4.69) is 42.1 Å². The van der Waals surface area contributed by atoms with Crippen LogP contribution in [-0.2, 0) is 0 Å². The molecule has 0 bridgehead atoms. The molecule has 0 amide bonds. The van der Waals surface area contributed by atoms with Gasteiger partial charge in [0.1, 0.15) is 16.9 Å². The Balaban J connectivity index is 1.57. The van der Waals surface area contributed by atoms with Gasteiger partial charge < -0.3 is 30.2 Å². The molecule has 0 aliphatic carbocycles. The number of nitrogens with zero attached hydrogens (tertiary/aromatic N) is 4. The van der Waals surface area contributed by atoms with E-state index in [-0.39, 0.29) is 22.5 Å². The molecule has 1 aromatic carbocycles. The van der Waals surface area contributed by atoms with Gasteiger partial charge in [-0.1, -0.05) is 0 Å². The van der Waals surface area contributed by atoms with Crippen molar-refractivity contribution in [3.63, 3.8) is 0 Å². The Bertz CT molecular complexity index is 1940. The zero-order chi connectivity index (χ0) is 27.9. The predicted molar refractivity (Wildman–Crippen MR) is 148 cm³/mol. The molecule has 6 heterocycles. The highest BCUT2D eigenvalue weighted by Gasteiger charge is 2.42. The number of halogens is 2. The van der Waals surface area contributed by atoms with Crippen molar-refractivity contribution in [3.8, 4) is 11.1 Å². The van der Waals surface area contributed by atoms with Crippen LogP contribution in [0.4, 0.5) is 20.2 Å². The van der Waals surface area contributed by atoms with Crippen molar-refractivity contribution in [1.29, 1.82) is 0 Å². The molecule has 2 aliphatic rings. The van der Waals surface area contributed by atoms with E-state index in [0.717, 1.165) is 31.8 Å². The standard InChI is InChI=1S/C28H25F2N7O3/c1-31-18-6-17(29)22(30)20-21-24(37-4-3-12-10-36(2)11-19(12)37)15(8-34-27(21)35-23(18)20)13-5-14-25(38)16(28(39)40)9-33-26(14)32-7-13/h5-9,12,19,31H,3-4,10-11H2,1-2H3,(H,34,35)(H,39,40)(H,32,33,38)/t12-,19+/m0/s1. The summed E-state index contributed by atoms with van der Waals surface area (Å²) in [6.07, 6.45) is 5.29. The monoisotopic (exact) mass is 545 g/mol. The lowest BCUT2D eigenvalue weighted by atomic mass is 9.99. The number of carboxylic acid groups (broad SMARTS) is 1. The summed E-state index contributed by atoms with van der Waals surface area (Å²) >= 11 is 0. The van der Waals surface area contributed by atoms with Crippen LogP contribution < -0.4 is 15.6 Å². The van der Waals surface area contributed by atoms with Gasteiger partial charge in [-0.05, 0) is 25.5 Å². The van der Waals surface area contributed by atoms with Gasteiger partial charge in [-0.3, -0.25) is 4.79 Å². The molecule has 204 valence electrons. The number of aromatic nitrogens is 4. The van der Waals surface area contributed by atoms with Crippen LogP contribution in [0.5, 0.6) is 0 Å². The van der Waals surface area contributed by atoms with Crippen molar-refractivity contribution in [2.24, 2.45) is 5.92 Å². The average molecular weight is 546 g/mol. The molecular weight excluding hydrogens is 520 g/mol. The summed E-state index contributed by atoms with van der Waals surface area (Å²) in [6, 6.07) is 2.85. The van der Waals surface area contributed by atoms with Gasteiger partial charge in [0.15, 0.2) is 11.6 Å². The van der Waals surface area contributed by atoms with Gasteiger partial charge in [0.05, 0.1) is 33.1 Å². The van der Waals surface area contributed by atoms with Crippen molar-refractivity contribution < 1.29 is 18.7 Å². The van der Waals surface area contributed by atoms with Crippen LogP contribution in [0.15, 0.2) is 35.5 Å². The maximum Gasteiger partial charge on any atom is 0.341 e. The lowest BCUT2D eigenvalue weighted by molar-refractivity contribution is 0.0695. The molecule has 4 aromatic heterocycles. The number of anilines is 2. The van der Waals surface area contributed by atoms with Crippen LogP contribution in [0.2, 0.25) is 0 Å². The number of likely N-dealkylation sites (N-methyl/N-ethyl adjacent to an activating group) is 1. The molecule has 2 fully saturated rings. The smallest absolute Gasteiger partial charge is 0.341 e. The van der Waals surface area contributed by atoms with Crippen LogP contribution in [0, 0.1) is 17.6 Å². The zero-order valence-electron chi connectivity index (χ0n) is 21.7. The molecular formula is C28H25F2N7O3. The first-order valence-electron chi connectivity index (χ1n) is 13.0. The third-order valence-corrected chi connectivity index (χ3v) is 8.32. The molecule has 2 saturated heterocycles. The van der Waals surface area contributed by atoms with Crippen LogP contribution in [-0.4, -0.2) is 75.7 Å². The van der Waals surface area contributed by atoms with E-state index in [1.54, 1.807) is 25.5 Å². The summed E-state index contributed by atoms with van der Waals surface area (Å²) in [4.78, 5) is 44.1. The number of aromatic carboxylic acids is 1. The number of H-pyrrole nitrogens is 2. The fraction of sp³-hybridized carbons (Fsp3) is 0.286. The molecule has 10 nitrogen and oxygen atoms in total. The Kier molecular flexibility index (Phi) is 5.33. The van der Waals surface area contributed by atoms with Gasteiger partial charge in [-0.25, -0.2) is 23.5 Å². The number of aromatic amines is 2. The van der Waals surface area contributed by atoms with Gasteiger partial charge in [0, 0.05) is 68.5 Å². The van der Waals surface area contributed by atoms with Crippen molar-refractivity contribution in [2.75, 3.05) is 43.9 Å². The normalized spacial score (nSPS) is 19.2. The van der Waals surface area contributed by atoms with E-state index < -0.39 is 28.6 Å². The Hall–Kier alpha value is -4.58. The number of pyridine rings is 3. The average Bonchev–Trinajstić information content (AvgIpc) is 3.62. The summed E-state index contributed by atoms with van der Waals surface area (Å²) in [5.74, 6) is -2.88. The van der Waals surface area contributed by atoms with Gasteiger partial charge in [0.25, 0.3) is 0 Å². The second kappa shape index (κ2) is 8.71. The highest BCUT2D eigenvalue weighted by Crippen LogP contribution is 2.46. The highest BCUT2D eigenvalue weighted by molar-refractivity contribution is 6.18. The summed E-state index contributed by atoms with van der Waals surface area (Å²) in [7, 11) is 3.71. The number of hydrogen-bond donors (Lipinski definition) is 4. The molecule has 0 saturated carbocycles. The van der Waals surface area contributed by atoms with E-state index in [1.165, 1.54) is 0 Å². The first kappa shape index (κ1) is 24.5. The van der Waals surface area contributed by atoms with E-state index >= 15 is 4.39 Å². The van der Waals surface area contributed by atoms with E-state index in [9.17, 15) is 19.1 Å². The summed E-state index contributed by atoms with van der Waals surface area (Å²) in [5.41, 5.74) is 2.18. The Morgan fingerprint density at radius 3 is 2.73 bits per heavy atom. The van der Waals surface area contributed by atoms with Crippen LogP contribution in [0.3, 0.4) is 0 Å². The molecule has 2 aliphatic heterocycles. The second-order valence-electron chi connectivity index (χ2n) is 10.6. The largest absolute Gasteiger partial charge is 0.477 e. The molecule has 4 N–H and O–H groups in total. The number of benzene rings is 1. The lowest BCUT2D eigenvalue weighted by Gasteiger charge is -2.29. The van der Waals surface area contributed by atoms with Crippen LogP contribution in [0.25, 0.3) is 44.1 Å². The third-order valence-electron chi connectivity index (χ3n) is 8.32. The van der Waals surface area contributed by atoms with Crippen molar-refractivity contribution in [3.05, 3.63) is 58.1 Å². The topological polar surface area (TPSA) is 130 Å². The minimum absolute atomic E-state index is 0.0956. The second-order valence-corrected chi connectivity index (χ2v) is 10.6. The van der Waals surface area contributed by atoms with E-state index in [1.807, 2.05) is 0 Å². The number of rotatable bonds is 4. The molecule has 12 heteroatoms. The Labute approximate surface area is 225 Å². The van der Waals surface area contributed by atoms with Gasteiger partial charge in [0.2, 0.25) is 5.43 Å². The fourth-order valence-corrected chi connectivity index (χ4v) is 6.51. The molecule has 7 rings (SSSR count). The van der Waals surface area contributed by atoms with Gasteiger partial charge in [-0.2, -0.15) is 0 Å². The molecule has 0 unspecified atom stereocenters. The van der Waals surface area contributed by atoms with Crippen molar-refractivity contribution in [2.45, 2.75) is 12.5 Å². The molecule has 40 heavy (non-hydrogen) atoms. The van der Waals surface area contributed by atoms with E-state index in [0.29, 0.717) is 51.5 Å². The number of nitrogens with one attached hydrogen (secondary N) is 3. The molecule has 5 aromatic rings. The fourth-order valence-electron chi connectivity index (χ4n) is 6.51. The summed E-state index contributed by atoms with van der Waals surface area (Å²) in [6.45, 7) is 2.46. The van der Waals surface area contributed by atoms with Crippen LogP contribution >= 0.6 is 0 Å². The number of carboxylic acids is 1. The van der Waals surface area contributed by atoms with E-state index in [4.69, 9.17) is 0 Å². The van der Waals surface area contributed by atoms with Crippen LogP contribution in [0.1, 0.15) is 16.8 Å².